The van der Waals surface area contributed by atoms with Crippen molar-refractivity contribution in [2.45, 2.75) is 18.4 Å². The van der Waals surface area contributed by atoms with Crippen LogP contribution < -0.4 is 0 Å². The van der Waals surface area contributed by atoms with Gasteiger partial charge in [0.1, 0.15) is 5.75 Å². The van der Waals surface area contributed by atoms with Crippen molar-refractivity contribution in [1.82, 2.24) is 0 Å². The normalized spacial score (nSPS) is 24.6. The number of phenols is 1. The Morgan fingerprint density at radius 3 is 2.79 bits per heavy atom. The first-order valence-corrected chi connectivity index (χ1v) is 4.32. The number of fused-ring (bicyclic) bond motifs is 1. The maximum atomic E-state index is 10.9. The first kappa shape index (κ1) is 9.02. The molecule has 74 valence electrons. The predicted molar refractivity (Wildman–Crippen MR) is 48.0 cm³/mol. The second-order valence-corrected chi connectivity index (χ2v) is 3.51. The number of carboxylic acids is 1. The van der Waals surface area contributed by atoms with Crippen LogP contribution in [0.3, 0.4) is 0 Å². The summed E-state index contributed by atoms with van der Waals surface area (Å²) in [5.41, 5.74) is -0.730. The third-order valence-corrected chi connectivity index (χ3v) is 2.65. The fraction of sp³-hybridized carbons (Fsp3) is 0.300. The molecule has 1 aromatic rings. The van der Waals surface area contributed by atoms with Gasteiger partial charge in [0.15, 0.2) is 5.60 Å². The highest BCUT2D eigenvalue weighted by molar-refractivity contribution is 5.81. The Morgan fingerprint density at radius 1 is 1.43 bits per heavy atom. The maximum Gasteiger partial charge on any atom is 0.340 e. The predicted octanol–water partition coefficient (Wildman–Crippen LogP) is 0.611. The van der Waals surface area contributed by atoms with Gasteiger partial charge in [0.25, 0.3) is 0 Å². The molecule has 0 saturated heterocycles. The minimum absolute atomic E-state index is 0.0228. The molecule has 0 aliphatic heterocycles. The van der Waals surface area contributed by atoms with Crippen LogP contribution in [0.25, 0.3) is 0 Å². The molecule has 1 unspecified atom stereocenters. The lowest BCUT2D eigenvalue weighted by Crippen LogP contribution is -2.32. The Kier molecular flexibility index (Phi) is 1.75. The molecule has 0 bridgehead atoms. The van der Waals surface area contributed by atoms with Crippen LogP contribution in [0.15, 0.2) is 18.2 Å². The van der Waals surface area contributed by atoms with Crippen molar-refractivity contribution in [3.63, 3.8) is 0 Å². The molecule has 0 spiro atoms. The molecule has 1 aromatic carbocycles. The average molecular weight is 194 g/mol. The Bertz CT molecular complexity index is 399. The Balaban J connectivity index is 2.58. The second-order valence-electron chi connectivity index (χ2n) is 3.51. The molecule has 2 rings (SSSR count). The van der Waals surface area contributed by atoms with Gasteiger partial charge in [-0.2, -0.15) is 0 Å². The van der Waals surface area contributed by atoms with Crippen LogP contribution >= 0.6 is 0 Å². The molecule has 0 radical (unpaired) electrons. The summed E-state index contributed by atoms with van der Waals surface area (Å²) >= 11 is 0. The van der Waals surface area contributed by atoms with Gasteiger partial charge in [-0.3, -0.25) is 0 Å². The first-order valence-electron chi connectivity index (χ1n) is 4.32. The topological polar surface area (TPSA) is 77.8 Å². The number of aromatic hydroxyl groups is 1. The largest absolute Gasteiger partial charge is 0.508 e. The van der Waals surface area contributed by atoms with Crippen molar-refractivity contribution in [1.29, 1.82) is 0 Å². The van der Waals surface area contributed by atoms with Crippen molar-refractivity contribution >= 4 is 5.97 Å². The highest BCUT2D eigenvalue weighted by Gasteiger charge is 2.43. The van der Waals surface area contributed by atoms with Crippen molar-refractivity contribution in [2.24, 2.45) is 0 Å². The summed E-state index contributed by atoms with van der Waals surface area (Å²) in [6, 6.07) is 4.45. The van der Waals surface area contributed by atoms with Gasteiger partial charge < -0.3 is 15.3 Å². The van der Waals surface area contributed by atoms with Crippen molar-refractivity contribution in [3.05, 3.63) is 29.3 Å². The fourth-order valence-electron chi connectivity index (χ4n) is 1.84. The lowest BCUT2D eigenvalue weighted by atomic mass is 9.96. The average Bonchev–Trinajstić information content (AvgIpc) is 2.46. The minimum atomic E-state index is -1.83. The molecule has 0 fully saturated rings. The summed E-state index contributed by atoms with van der Waals surface area (Å²) in [5.74, 6) is -1.29. The van der Waals surface area contributed by atoms with E-state index in [9.17, 15) is 15.0 Å². The monoisotopic (exact) mass is 194 g/mol. The summed E-state index contributed by atoms with van der Waals surface area (Å²) in [5, 5.41) is 27.9. The molecule has 1 atom stereocenters. The van der Waals surface area contributed by atoms with Gasteiger partial charge in [0, 0.05) is 5.56 Å². The summed E-state index contributed by atoms with van der Waals surface area (Å²) in [6.45, 7) is 0. The van der Waals surface area contributed by atoms with Gasteiger partial charge in [-0.25, -0.2) is 4.79 Å². The number of hydrogen-bond acceptors (Lipinski definition) is 3. The van der Waals surface area contributed by atoms with E-state index in [1.807, 2.05) is 0 Å². The number of rotatable bonds is 1. The number of phenolic OH excluding ortho intramolecular Hbond substituents is 1. The number of aliphatic carboxylic acids is 1. The zero-order valence-electron chi connectivity index (χ0n) is 7.40. The van der Waals surface area contributed by atoms with Crippen LogP contribution in [0, 0.1) is 0 Å². The van der Waals surface area contributed by atoms with Gasteiger partial charge >= 0.3 is 5.97 Å². The van der Waals surface area contributed by atoms with Crippen LogP contribution in [-0.2, 0) is 16.8 Å². The van der Waals surface area contributed by atoms with E-state index < -0.39 is 11.6 Å². The zero-order valence-corrected chi connectivity index (χ0v) is 7.40. The molecule has 0 aromatic heterocycles. The number of aliphatic hydroxyl groups is 1. The summed E-state index contributed by atoms with van der Waals surface area (Å²) in [6.07, 6.45) is 0.694. The van der Waals surface area contributed by atoms with Gasteiger partial charge in [0.05, 0.1) is 0 Å². The van der Waals surface area contributed by atoms with Gasteiger partial charge in [0.2, 0.25) is 0 Å². The van der Waals surface area contributed by atoms with Crippen LogP contribution in [0.2, 0.25) is 0 Å². The van der Waals surface area contributed by atoms with Crippen molar-refractivity contribution in [3.8, 4) is 5.75 Å². The summed E-state index contributed by atoms with van der Waals surface area (Å²) in [4.78, 5) is 10.9. The van der Waals surface area contributed by atoms with Crippen LogP contribution in [-0.4, -0.2) is 21.3 Å². The standard InChI is InChI=1S/C10H10O4/c11-7-2-1-6-3-4-10(14,9(12)13)8(6)5-7/h1-2,5,11,14H,3-4H2,(H,12,13). The number of aryl methyl sites for hydroxylation is 1. The molecule has 4 nitrogen and oxygen atoms in total. The van der Waals surface area contributed by atoms with Crippen molar-refractivity contribution in [2.75, 3.05) is 0 Å². The summed E-state index contributed by atoms with van der Waals surface area (Å²) < 4.78 is 0. The molecule has 4 heteroatoms. The van der Waals surface area contributed by atoms with E-state index in [0.29, 0.717) is 12.0 Å². The maximum absolute atomic E-state index is 10.9. The zero-order chi connectivity index (χ0) is 10.3. The molecular formula is C10H10O4. The van der Waals surface area contributed by atoms with Crippen LogP contribution in [0.1, 0.15) is 17.5 Å². The van der Waals surface area contributed by atoms with E-state index in [4.69, 9.17) is 5.11 Å². The highest BCUT2D eigenvalue weighted by Crippen LogP contribution is 2.38. The van der Waals surface area contributed by atoms with Gasteiger partial charge in [-0.1, -0.05) is 6.07 Å². The Labute approximate surface area is 80.4 Å². The minimum Gasteiger partial charge on any atom is -0.508 e. The first-order chi connectivity index (χ1) is 6.54. The van der Waals surface area contributed by atoms with E-state index in [0.717, 1.165) is 5.56 Å². The smallest absolute Gasteiger partial charge is 0.340 e. The lowest BCUT2D eigenvalue weighted by molar-refractivity contribution is -0.159. The number of hydrogen-bond donors (Lipinski definition) is 3. The third-order valence-electron chi connectivity index (χ3n) is 2.65. The Hall–Kier alpha value is -1.55. The molecule has 3 N–H and O–H groups in total. The fourth-order valence-corrected chi connectivity index (χ4v) is 1.84. The Morgan fingerprint density at radius 2 is 2.14 bits per heavy atom. The summed E-state index contributed by atoms with van der Waals surface area (Å²) in [7, 11) is 0. The van der Waals surface area contributed by atoms with E-state index in [2.05, 4.69) is 0 Å². The van der Waals surface area contributed by atoms with Gasteiger partial charge in [-0.15, -0.1) is 0 Å². The lowest BCUT2D eigenvalue weighted by Gasteiger charge is -2.17. The van der Waals surface area contributed by atoms with E-state index >= 15 is 0 Å². The SMILES string of the molecule is O=C(O)C1(O)CCc2ccc(O)cc21. The second kappa shape index (κ2) is 2.72. The molecule has 1 aliphatic rings. The van der Waals surface area contributed by atoms with E-state index in [-0.39, 0.29) is 12.2 Å². The molecule has 0 amide bonds. The van der Waals surface area contributed by atoms with Gasteiger partial charge in [-0.05, 0) is 30.5 Å². The number of benzene rings is 1. The third kappa shape index (κ3) is 1.08. The van der Waals surface area contributed by atoms with Crippen molar-refractivity contribution < 1.29 is 20.1 Å². The van der Waals surface area contributed by atoms with Crippen LogP contribution in [0.5, 0.6) is 5.75 Å². The number of carbonyl (C=O) groups is 1. The molecule has 14 heavy (non-hydrogen) atoms. The molecule has 1 aliphatic carbocycles. The molecule has 0 saturated carbocycles. The number of carboxylic acid groups (broad SMARTS) is 1. The van der Waals surface area contributed by atoms with E-state index in [1.54, 1.807) is 6.07 Å². The molecule has 0 heterocycles. The highest BCUT2D eigenvalue weighted by atomic mass is 16.4. The van der Waals surface area contributed by atoms with Crippen LogP contribution in [0.4, 0.5) is 0 Å². The van der Waals surface area contributed by atoms with E-state index in [1.165, 1.54) is 12.1 Å². The molecular weight excluding hydrogens is 184 g/mol. The quantitative estimate of drug-likeness (QED) is 0.612.